The van der Waals surface area contributed by atoms with Gasteiger partial charge in [0.05, 0.1) is 22.2 Å². The van der Waals surface area contributed by atoms with Gasteiger partial charge in [0.25, 0.3) is 0 Å². The van der Waals surface area contributed by atoms with E-state index in [0.717, 1.165) is 52.3 Å². The lowest BCUT2D eigenvalue weighted by Crippen LogP contribution is -2.43. The Labute approximate surface area is 249 Å². The molecule has 1 atom stereocenters. The number of hydrogen-bond acceptors (Lipinski definition) is 8. The van der Waals surface area contributed by atoms with Crippen LogP contribution in [0, 0.1) is 24.0 Å². The van der Waals surface area contributed by atoms with Gasteiger partial charge in [-0.2, -0.15) is 9.97 Å². The molecular formula is C33H35F2N5O3. The van der Waals surface area contributed by atoms with E-state index in [1.54, 1.807) is 0 Å². The van der Waals surface area contributed by atoms with Gasteiger partial charge in [-0.3, -0.25) is 4.90 Å². The molecular weight excluding hydrogens is 552 g/mol. The first-order valence-corrected chi connectivity index (χ1v) is 14.7. The maximum absolute atomic E-state index is 16.7. The minimum Gasteiger partial charge on any atom is -0.508 e. The molecule has 3 aliphatic heterocycles. The van der Waals surface area contributed by atoms with Crippen molar-refractivity contribution in [3.05, 3.63) is 47.2 Å². The van der Waals surface area contributed by atoms with Crippen molar-refractivity contribution in [2.75, 3.05) is 38.8 Å². The van der Waals surface area contributed by atoms with Crippen molar-refractivity contribution >= 4 is 27.5 Å². The number of rotatable bonds is 4. The maximum atomic E-state index is 16.7. The number of phenolic OH excluding ortho intramolecular Hbond substituents is 1. The zero-order valence-corrected chi connectivity index (χ0v) is 24.6. The fraction of sp³-hybridized carbons (Fsp3) is 0.424. The molecule has 2 saturated heterocycles. The highest BCUT2D eigenvalue weighted by atomic mass is 19.1. The molecule has 0 radical (unpaired) electrons. The second kappa shape index (κ2) is 11.2. The number of benzene rings is 2. The number of terminal acetylenes is 1. The van der Waals surface area contributed by atoms with Gasteiger partial charge >= 0.3 is 6.01 Å². The van der Waals surface area contributed by atoms with Crippen LogP contribution in [0.5, 0.6) is 11.8 Å². The maximum Gasteiger partial charge on any atom is 0.319 e. The van der Waals surface area contributed by atoms with Gasteiger partial charge in [0.2, 0.25) is 0 Å². The third-order valence-corrected chi connectivity index (χ3v) is 9.35. The second-order valence-corrected chi connectivity index (χ2v) is 11.6. The third-order valence-electron chi connectivity index (χ3n) is 9.35. The van der Waals surface area contributed by atoms with E-state index in [1.165, 1.54) is 24.3 Å². The smallest absolute Gasteiger partial charge is 0.319 e. The summed E-state index contributed by atoms with van der Waals surface area (Å²) in [7, 11) is 2.94. The molecule has 3 aliphatic rings. The van der Waals surface area contributed by atoms with Gasteiger partial charge in [0, 0.05) is 31.1 Å². The van der Waals surface area contributed by atoms with E-state index >= 15 is 4.39 Å². The highest BCUT2D eigenvalue weighted by Crippen LogP contribution is 2.42. The predicted molar refractivity (Wildman–Crippen MR) is 162 cm³/mol. The Balaban J connectivity index is 0.00000161. The van der Waals surface area contributed by atoms with Crippen LogP contribution in [-0.4, -0.2) is 75.5 Å². The number of hydrogen-bond donors (Lipinski definition) is 2. The number of aliphatic hydroxyl groups is 1. The van der Waals surface area contributed by atoms with Gasteiger partial charge in [-0.25, -0.2) is 13.8 Å². The summed E-state index contributed by atoms with van der Waals surface area (Å²) in [5.74, 6) is 1.58. The molecule has 0 aliphatic carbocycles. The summed E-state index contributed by atoms with van der Waals surface area (Å²) in [6, 6.07) is 5.86. The van der Waals surface area contributed by atoms with Gasteiger partial charge < -0.3 is 19.8 Å². The number of aliphatic hydroxyl groups excluding tert-OH is 1. The number of pyridine rings is 1. The lowest BCUT2D eigenvalue weighted by atomic mass is 9.95. The van der Waals surface area contributed by atoms with E-state index in [0.29, 0.717) is 40.7 Å². The molecule has 0 amide bonds. The fourth-order valence-electron chi connectivity index (χ4n) is 7.05. The summed E-state index contributed by atoms with van der Waals surface area (Å²) in [6.07, 6.45) is 11.4. The van der Waals surface area contributed by atoms with Crippen molar-refractivity contribution in [1.82, 2.24) is 19.9 Å². The molecule has 224 valence electrons. The lowest BCUT2D eigenvalue weighted by molar-refractivity contribution is 0.108. The van der Waals surface area contributed by atoms with E-state index in [-0.39, 0.29) is 45.7 Å². The molecule has 1 unspecified atom stereocenters. The average molecular weight is 588 g/mol. The number of ether oxygens (including phenoxy) is 1. The minimum absolute atomic E-state index is 0.0117. The molecule has 2 aromatic heterocycles. The van der Waals surface area contributed by atoms with Gasteiger partial charge in [0.15, 0.2) is 5.82 Å². The van der Waals surface area contributed by atoms with Crippen molar-refractivity contribution in [1.29, 1.82) is 0 Å². The first-order valence-electron chi connectivity index (χ1n) is 14.7. The largest absolute Gasteiger partial charge is 0.508 e. The van der Waals surface area contributed by atoms with Crippen LogP contribution in [0.3, 0.4) is 0 Å². The molecule has 4 aromatic rings. The average Bonchev–Trinajstić information content (AvgIpc) is 3.57. The van der Waals surface area contributed by atoms with Crippen LogP contribution in [0.15, 0.2) is 24.3 Å². The molecule has 8 nitrogen and oxygen atoms in total. The standard InChI is InChI=1S/C32H31F2N5O2.CH4O/c1-4-21-23(33)9-8-19-15-20(40)16-22(25(19)21)28-27(34)29-26-24(35-28)10-7-18(2)38(3)30(26)37-31(36-29)41-17-32-11-5-13-39(32)14-6-12-32;1-2/h1,8-9,15-16,18,40H,5-7,10-14,17H2,2-3H3;2H,1H3. The number of phenols is 1. The number of anilines is 1. The Morgan fingerprint density at radius 2 is 1.84 bits per heavy atom. The Hall–Kier alpha value is -4.07. The summed E-state index contributed by atoms with van der Waals surface area (Å²) in [5.41, 5.74) is 0.869. The summed E-state index contributed by atoms with van der Waals surface area (Å²) in [5, 5.41) is 18.9. The Kier molecular flexibility index (Phi) is 7.57. The van der Waals surface area contributed by atoms with E-state index in [9.17, 15) is 9.50 Å². The first-order chi connectivity index (χ1) is 20.8. The Bertz CT molecular complexity index is 1760. The van der Waals surface area contributed by atoms with Crippen LogP contribution < -0.4 is 9.64 Å². The topological polar surface area (TPSA) is 94.8 Å². The van der Waals surface area contributed by atoms with Crippen LogP contribution in [0.4, 0.5) is 14.6 Å². The quantitative estimate of drug-likeness (QED) is 0.315. The normalized spacial score (nSPS) is 19.1. The second-order valence-electron chi connectivity index (χ2n) is 11.6. The molecule has 2 fully saturated rings. The van der Waals surface area contributed by atoms with Crippen LogP contribution in [-0.2, 0) is 6.42 Å². The SMILES string of the molecule is C#Cc1c(F)ccc2cc(O)cc(-c3nc4c5c(nc(OCC67CCCN6CCC7)nc5c3F)N(C)C(C)CC4)c12.CO. The number of nitrogens with zero attached hydrogens (tertiary/aromatic N) is 5. The Morgan fingerprint density at radius 3 is 2.56 bits per heavy atom. The summed E-state index contributed by atoms with van der Waals surface area (Å²) in [6.45, 7) is 4.68. The Morgan fingerprint density at radius 1 is 1.09 bits per heavy atom. The monoisotopic (exact) mass is 587 g/mol. The minimum atomic E-state index is -0.694. The molecule has 10 heteroatoms. The number of aryl methyl sites for hydroxylation is 1. The summed E-state index contributed by atoms with van der Waals surface area (Å²) < 4.78 is 37.8. The highest BCUT2D eigenvalue weighted by Gasteiger charge is 2.45. The van der Waals surface area contributed by atoms with Gasteiger partial charge in [-0.15, -0.1) is 6.42 Å². The van der Waals surface area contributed by atoms with Crippen molar-refractivity contribution in [3.63, 3.8) is 0 Å². The van der Waals surface area contributed by atoms with Gasteiger partial charge in [-0.1, -0.05) is 12.0 Å². The van der Waals surface area contributed by atoms with Crippen LogP contribution in [0.25, 0.3) is 32.9 Å². The van der Waals surface area contributed by atoms with Crippen molar-refractivity contribution in [3.8, 4) is 35.4 Å². The number of fused-ring (bicyclic) bond motifs is 2. The van der Waals surface area contributed by atoms with E-state index < -0.39 is 11.6 Å². The number of aromatic hydroxyl groups is 1. The molecule has 43 heavy (non-hydrogen) atoms. The molecule has 2 aromatic carbocycles. The van der Waals surface area contributed by atoms with E-state index in [2.05, 4.69) is 22.7 Å². The summed E-state index contributed by atoms with van der Waals surface area (Å²) >= 11 is 0. The molecule has 5 heterocycles. The van der Waals surface area contributed by atoms with Crippen molar-refractivity contribution < 1.29 is 23.7 Å². The van der Waals surface area contributed by atoms with Crippen LogP contribution in [0.2, 0.25) is 0 Å². The van der Waals surface area contributed by atoms with Gasteiger partial charge in [-0.05, 0) is 82.1 Å². The third kappa shape index (κ3) is 4.71. The molecule has 0 bridgehead atoms. The summed E-state index contributed by atoms with van der Waals surface area (Å²) in [4.78, 5) is 18.7. The van der Waals surface area contributed by atoms with Gasteiger partial charge in [0.1, 0.15) is 35.2 Å². The molecule has 7 rings (SSSR count). The fourth-order valence-corrected chi connectivity index (χ4v) is 7.05. The van der Waals surface area contributed by atoms with Crippen molar-refractivity contribution in [2.24, 2.45) is 0 Å². The zero-order valence-electron chi connectivity index (χ0n) is 24.6. The lowest BCUT2D eigenvalue weighted by Gasteiger charge is -2.31. The van der Waals surface area contributed by atoms with Crippen LogP contribution >= 0.6 is 0 Å². The number of halogens is 2. The zero-order chi connectivity index (χ0) is 30.5. The predicted octanol–water partition coefficient (Wildman–Crippen LogP) is 5.20. The van der Waals surface area contributed by atoms with Crippen LogP contribution in [0.1, 0.15) is 50.3 Å². The first kappa shape index (κ1) is 29.0. The highest BCUT2D eigenvalue weighted by molar-refractivity contribution is 6.03. The van der Waals surface area contributed by atoms with Crippen molar-refractivity contribution in [2.45, 2.75) is 57.0 Å². The van der Waals surface area contributed by atoms with E-state index in [4.69, 9.17) is 26.2 Å². The number of aromatic nitrogens is 3. The molecule has 2 N–H and O–H groups in total. The molecule has 0 saturated carbocycles. The van der Waals surface area contributed by atoms with E-state index in [1.807, 2.05) is 11.9 Å². The molecule has 0 spiro atoms.